The van der Waals surface area contributed by atoms with Gasteiger partial charge in [-0.3, -0.25) is 9.59 Å². The van der Waals surface area contributed by atoms with Gasteiger partial charge in [-0.25, -0.2) is 0 Å². The highest BCUT2D eigenvalue weighted by molar-refractivity contribution is 5.77. The number of amides is 1. The van der Waals surface area contributed by atoms with Gasteiger partial charge in [0.25, 0.3) is 0 Å². The van der Waals surface area contributed by atoms with E-state index in [1.807, 2.05) is 0 Å². The van der Waals surface area contributed by atoms with E-state index < -0.39 is 5.97 Å². The van der Waals surface area contributed by atoms with Crippen molar-refractivity contribution in [3.63, 3.8) is 0 Å². The Morgan fingerprint density at radius 2 is 2.21 bits per heavy atom. The van der Waals surface area contributed by atoms with E-state index in [0.717, 1.165) is 6.42 Å². The molecular weight excluding hydrogens is 186 g/mol. The van der Waals surface area contributed by atoms with Crippen LogP contribution >= 0.6 is 0 Å². The first kappa shape index (κ1) is 11.0. The van der Waals surface area contributed by atoms with E-state index >= 15 is 0 Å². The molecule has 0 spiro atoms. The van der Waals surface area contributed by atoms with Crippen molar-refractivity contribution in [2.24, 2.45) is 5.92 Å². The first-order chi connectivity index (χ1) is 6.63. The fraction of sp³-hybridized carbons (Fsp3) is 0.778. The van der Waals surface area contributed by atoms with Gasteiger partial charge in [0, 0.05) is 13.2 Å². The summed E-state index contributed by atoms with van der Waals surface area (Å²) in [7, 11) is 1.45. The lowest BCUT2D eigenvalue weighted by atomic mass is 10.1. The fourth-order valence-corrected chi connectivity index (χ4v) is 1.74. The molecule has 14 heavy (non-hydrogen) atoms. The van der Waals surface area contributed by atoms with Crippen molar-refractivity contribution >= 4 is 11.9 Å². The molecule has 0 aromatic carbocycles. The van der Waals surface area contributed by atoms with Crippen LogP contribution in [0.2, 0.25) is 0 Å². The Hall–Kier alpha value is -1.10. The molecule has 0 radical (unpaired) electrons. The smallest absolute Gasteiger partial charge is 0.306 e. The molecule has 0 aliphatic heterocycles. The van der Waals surface area contributed by atoms with Crippen LogP contribution in [0.5, 0.6) is 0 Å². The summed E-state index contributed by atoms with van der Waals surface area (Å²) in [5, 5.41) is 11.5. The number of ether oxygens (including phenoxy) is 1. The van der Waals surface area contributed by atoms with Crippen LogP contribution < -0.4 is 5.32 Å². The maximum Gasteiger partial charge on any atom is 0.306 e. The van der Waals surface area contributed by atoms with Gasteiger partial charge in [-0.15, -0.1) is 0 Å². The van der Waals surface area contributed by atoms with Gasteiger partial charge >= 0.3 is 5.97 Å². The summed E-state index contributed by atoms with van der Waals surface area (Å²) < 4.78 is 4.66. The molecule has 1 fully saturated rings. The third kappa shape index (κ3) is 2.99. The molecule has 2 N–H and O–H groups in total. The topological polar surface area (TPSA) is 75.6 Å². The van der Waals surface area contributed by atoms with Crippen molar-refractivity contribution in [2.45, 2.75) is 25.3 Å². The number of rotatable bonds is 4. The summed E-state index contributed by atoms with van der Waals surface area (Å²) in [6.07, 6.45) is 1.92. The number of carbonyl (C=O) groups excluding carboxylic acids is 1. The van der Waals surface area contributed by atoms with Gasteiger partial charge in [-0.05, 0) is 19.3 Å². The zero-order valence-corrected chi connectivity index (χ0v) is 8.16. The van der Waals surface area contributed by atoms with Crippen molar-refractivity contribution in [1.29, 1.82) is 0 Å². The Kier molecular flexibility index (Phi) is 3.88. The van der Waals surface area contributed by atoms with Crippen molar-refractivity contribution in [2.75, 3.05) is 13.7 Å². The van der Waals surface area contributed by atoms with E-state index in [2.05, 4.69) is 10.1 Å². The Morgan fingerprint density at radius 3 is 2.71 bits per heavy atom. The number of carboxylic acid groups (broad SMARTS) is 1. The van der Waals surface area contributed by atoms with Crippen molar-refractivity contribution in [3.05, 3.63) is 0 Å². The molecule has 1 rings (SSSR count). The maximum absolute atomic E-state index is 11.1. The van der Waals surface area contributed by atoms with Crippen LogP contribution in [0.15, 0.2) is 0 Å². The zero-order chi connectivity index (χ0) is 10.6. The lowest BCUT2D eigenvalue weighted by Gasteiger charge is -2.11. The number of hydrogen-bond acceptors (Lipinski definition) is 3. The van der Waals surface area contributed by atoms with Crippen LogP contribution in [-0.2, 0) is 14.3 Å². The molecule has 0 bridgehead atoms. The van der Waals surface area contributed by atoms with Gasteiger partial charge in [0.05, 0.1) is 5.92 Å². The van der Waals surface area contributed by atoms with Gasteiger partial charge in [0.2, 0.25) is 5.91 Å². The van der Waals surface area contributed by atoms with Gasteiger partial charge < -0.3 is 15.2 Å². The molecule has 0 aromatic rings. The van der Waals surface area contributed by atoms with Gasteiger partial charge in [0.15, 0.2) is 0 Å². The molecule has 0 heterocycles. The quantitative estimate of drug-likeness (QED) is 0.671. The van der Waals surface area contributed by atoms with Gasteiger partial charge in [0.1, 0.15) is 6.61 Å². The number of carbonyl (C=O) groups is 2. The second-order valence-corrected chi connectivity index (χ2v) is 3.55. The average Bonchev–Trinajstić information content (AvgIpc) is 2.53. The van der Waals surface area contributed by atoms with Crippen LogP contribution in [0.3, 0.4) is 0 Å². The Morgan fingerprint density at radius 1 is 1.50 bits per heavy atom. The summed E-state index contributed by atoms with van der Waals surface area (Å²) >= 11 is 0. The SMILES string of the molecule is COCC(=O)N[C@H]1CC[C@@H](C(=O)O)C1. The maximum atomic E-state index is 11.1. The zero-order valence-electron chi connectivity index (χ0n) is 8.16. The minimum Gasteiger partial charge on any atom is -0.481 e. The van der Waals surface area contributed by atoms with E-state index in [1.165, 1.54) is 7.11 Å². The predicted octanol–water partition coefficient (Wildman–Crippen LogP) is 0.00230. The minimum absolute atomic E-state index is 0.00116. The summed E-state index contributed by atoms with van der Waals surface area (Å²) in [6, 6.07) is -0.00116. The molecule has 1 aliphatic rings. The van der Waals surface area contributed by atoms with Crippen LogP contribution in [0.25, 0.3) is 0 Å². The summed E-state index contributed by atoms with van der Waals surface area (Å²) in [6.45, 7) is 0.0360. The molecule has 1 amide bonds. The standard InChI is InChI=1S/C9H15NO4/c1-14-5-8(11)10-7-3-2-6(4-7)9(12)13/h6-7H,2-5H2,1H3,(H,10,11)(H,12,13)/t6-,7+/m1/s1. The van der Waals surface area contributed by atoms with E-state index in [9.17, 15) is 9.59 Å². The number of nitrogens with one attached hydrogen (secondary N) is 1. The number of hydrogen-bond donors (Lipinski definition) is 2. The highest BCUT2D eigenvalue weighted by atomic mass is 16.5. The summed E-state index contributed by atoms with van der Waals surface area (Å²) in [5.74, 6) is -1.25. The monoisotopic (exact) mass is 201 g/mol. The third-order valence-corrected chi connectivity index (χ3v) is 2.42. The molecule has 1 aliphatic carbocycles. The van der Waals surface area contributed by atoms with E-state index in [1.54, 1.807) is 0 Å². The van der Waals surface area contributed by atoms with E-state index in [4.69, 9.17) is 5.11 Å². The molecule has 0 aromatic heterocycles. The number of methoxy groups -OCH3 is 1. The molecule has 1 saturated carbocycles. The van der Waals surface area contributed by atoms with Crippen LogP contribution in [0.4, 0.5) is 0 Å². The average molecular weight is 201 g/mol. The van der Waals surface area contributed by atoms with Crippen LogP contribution in [0, 0.1) is 5.92 Å². The fourth-order valence-electron chi connectivity index (χ4n) is 1.74. The first-order valence-corrected chi connectivity index (χ1v) is 4.64. The normalized spacial score (nSPS) is 26.1. The van der Waals surface area contributed by atoms with Crippen LogP contribution in [-0.4, -0.2) is 36.7 Å². The second kappa shape index (κ2) is 4.95. The lowest BCUT2D eigenvalue weighted by molar-refractivity contribution is -0.141. The van der Waals surface area contributed by atoms with Crippen molar-refractivity contribution < 1.29 is 19.4 Å². The Labute approximate surface area is 82.4 Å². The third-order valence-electron chi connectivity index (χ3n) is 2.42. The highest BCUT2D eigenvalue weighted by Crippen LogP contribution is 2.25. The van der Waals surface area contributed by atoms with Gasteiger partial charge in [-0.1, -0.05) is 0 Å². The number of carboxylic acids is 1. The predicted molar refractivity (Wildman–Crippen MR) is 48.8 cm³/mol. The van der Waals surface area contributed by atoms with E-state index in [-0.39, 0.29) is 24.5 Å². The lowest BCUT2D eigenvalue weighted by Crippen LogP contribution is -2.35. The minimum atomic E-state index is -0.770. The molecular formula is C9H15NO4. The number of aliphatic carboxylic acids is 1. The molecule has 0 saturated heterocycles. The van der Waals surface area contributed by atoms with E-state index in [0.29, 0.717) is 12.8 Å². The molecule has 0 unspecified atom stereocenters. The Bertz CT molecular complexity index is 229. The van der Waals surface area contributed by atoms with Crippen molar-refractivity contribution in [1.82, 2.24) is 5.32 Å². The largest absolute Gasteiger partial charge is 0.481 e. The summed E-state index contributed by atoms with van der Waals surface area (Å²) in [4.78, 5) is 21.7. The highest BCUT2D eigenvalue weighted by Gasteiger charge is 2.30. The molecule has 2 atom stereocenters. The van der Waals surface area contributed by atoms with Crippen LogP contribution in [0.1, 0.15) is 19.3 Å². The molecule has 80 valence electrons. The first-order valence-electron chi connectivity index (χ1n) is 4.64. The van der Waals surface area contributed by atoms with Gasteiger partial charge in [-0.2, -0.15) is 0 Å². The Balaban J connectivity index is 2.28. The van der Waals surface area contributed by atoms with Crippen molar-refractivity contribution in [3.8, 4) is 0 Å². The summed E-state index contributed by atoms with van der Waals surface area (Å²) in [5.41, 5.74) is 0. The second-order valence-electron chi connectivity index (χ2n) is 3.55. The molecule has 5 heteroatoms. The molecule has 5 nitrogen and oxygen atoms in total.